The van der Waals surface area contributed by atoms with E-state index >= 15 is 0 Å². The Hall–Kier alpha value is -2.38. The highest BCUT2D eigenvalue weighted by Gasteiger charge is 2.15. The van der Waals surface area contributed by atoms with Crippen LogP contribution in [0.4, 0.5) is 10.6 Å². The van der Waals surface area contributed by atoms with Gasteiger partial charge < -0.3 is 21.1 Å². The molecular formula is C14H23N5O3. The molecule has 0 spiro atoms. The number of alkyl carbamates (subject to hydrolysis) is 1. The summed E-state index contributed by atoms with van der Waals surface area (Å²) in [5.74, 6) is 0.713. The largest absolute Gasteiger partial charge is 0.444 e. The number of nitrogen functional groups attached to an aromatic ring is 1. The van der Waals surface area contributed by atoms with Gasteiger partial charge in [0.1, 0.15) is 17.2 Å². The Labute approximate surface area is 129 Å². The van der Waals surface area contributed by atoms with Crippen LogP contribution in [0.25, 0.3) is 0 Å². The minimum atomic E-state index is -0.560. The van der Waals surface area contributed by atoms with Crippen LogP contribution in [0.3, 0.4) is 0 Å². The first-order valence-corrected chi connectivity index (χ1v) is 6.99. The minimum absolute atomic E-state index is 0.145. The molecule has 0 saturated heterocycles. The van der Waals surface area contributed by atoms with Gasteiger partial charge in [-0.05, 0) is 27.7 Å². The van der Waals surface area contributed by atoms with Crippen molar-refractivity contribution in [3.63, 3.8) is 0 Å². The maximum Gasteiger partial charge on any atom is 0.407 e. The van der Waals surface area contributed by atoms with Crippen LogP contribution in [0, 0.1) is 6.92 Å². The van der Waals surface area contributed by atoms with Crippen LogP contribution in [0.1, 0.15) is 38.6 Å². The fourth-order valence-corrected chi connectivity index (χ4v) is 1.52. The molecule has 0 atom stereocenters. The van der Waals surface area contributed by atoms with Crippen molar-refractivity contribution < 1.29 is 14.3 Å². The number of carbonyl (C=O) groups excluding carboxylic acids is 2. The maximum atomic E-state index is 11.7. The predicted octanol–water partition coefficient (Wildman–Crippen LogP) is 0.898. The summed E-state index contributed by atoms with van der Waals surface area (Å²) in [6, 6.07) is 0. The Morgan fingerprint density at radius 3 is 2.59 bits per heavy atom. The summed E-state index contributed by atoms with van der Waals surface area (Å²) in [5, 5.41) is 5.21. The molecule has 0 aliphatic heterocycles. The molecule has 1 aromatic rings. The number of aryl methyl sites for hydroxylation is 1. The molecule has 0 aliphatic rings. The molecule has 0 aromatic carbocycles. The van der Waals surface area contributed by atoms with E-state index < -0.39 is 11.7 Å². The van der Waals surface area contributed by atoms with Crippen LogP contribution in [0.15, 0.2) is 6.20 Å². The van der Waals surface area contributed by atoms with E-state index in [1.54, 1.807) is 33.9 Å². The number of nitrogens with two attached hydrogens (primary N) is 1. The van der Waals surface area contributed by atoms with Gasteiger partial charge in [-0.25, -0.2) is 14.8 Å². The number of ether oxygens (including phenoxy) is 1. The molecule has 1 aromatic heterocycles. The van der Waals surface area contributed by atoms with Gasteiger partial charge in [-0.3, -0.25) is 4.79 Å². The van der Waals surface area contributed by atoms with Crippen LogP contribution >= 0.6 is 0 Å². The molecule has 1 rings (SSSR count). The summed E-state index contributed by atoms with van der Waals surface area (Å²) in [5.41, 5.74) is 5.82. The van der Waals surface area contributed by atoms with Gasteiger partial charge in [0.25, 0.3) is 0 Å². The summed E-state index contributed by atoms with van der Waals surface area (Å²) >= 11 is 0. The molecule has 0 unspecified atom stereocenters. The van der Waals surface area contributed by atoms with Gasteiger partial charge >= 0.3 is 6.09 Å². The van der Waals surface area contributed by atoms with Crippen molar-refractivity contribution in [2.24, 2.45) is 0 Å². The third-order valence-corrected chi connectivity index (χ3v) is 2.51. The molecule has 0 saturated carbocycles. The first-order chi connectivity index (χ1) is 10.2. The Morgan fingerprint density at radius 2 is 2.00 bits per heavy atom. The monoisotopic (exact) mass is 309 g/mol. The van der Waals surface area contributed by atoms with E-state index in [1.165, 1.54) is 0 Å². The molecule has 4 N–H and O–H groups in total. The standard InChI is InChI=1S/C14H23N5O3/c1-9-17-7-10(12(15)19-9)8-18-11(20)5-6-16-13(21)22-14(2,3)4/h7H,5-6,8H2,1-4H3,(H,16,21)(H,18,20)(H2,15,17,19). The second-order valence-electron chi connectivity index (χ2n) is 5.78. The lowest BCUT2D eigenvalue weighted by Crippen LogP contribution is -2.35. The highest BCUT2D eigenvalue weighted by atomic mass is 16.6. The highest BCUT2D eigenvalue weighted by molar-refractivity contribution is 5.77. The van der Waals surface area contributed by atoms with Gasteiger partial charge in [0.2, 0.25) is 5.91 Å². The van der Waals surface area contributed by atoms with Crippen LogP contribution in [-0.4, -0.2) is 34.1 Å². The third kappa shape index (κ3) is 6.87. The molecule has 22 heavy (non-hydrogen) atoms. The van der Waals surface area contributed by atoms with Gasteiger partial charge in [-0.2, -0.15) is 0 Å². The van der Waals surface area contributed by atoms with E-state index in [1.807, 2.05) is 0 Å². The maximum absolute atomic E-state index is 11.7. The van der Waals surface area contributed by atoms with Gasteiger partial charge in [0.05, 0.1) is 0 Å². The van der Waals surface area contributed by atoms with Crippen molar-refractivity contribution in [2.75, 3.05) is 12.3 Å². The Balaban J connectivity index is 2.28. The first kappa shape index (κ1) is 17.7. The first-order valence-electron chi connectivity index (χ1n) is 6.99. The summed E-state index contributed by atoms with van der Waals surface area (Å²) in [7, 11) is 0. The second kappa shape index (κ2) is 7.58. The summed E-state index contributed by atoms with van der Waals surface area (Å²) in [4.78, 5) is 31.1. The van der Waals surface area contributed by atoms with Crippen molar-refractivity contribution in [2.45, 2.75) is 46.3 Å². The summed E-state index contributed by atoms with van der Waals surface area (Å²) in [6.07, 6.45) is 1.18. The number of carbonyl (C=O) groups is 2. The fourth-order valence-electron chi connectivity index (χ4n) is 1.52. The molecule has 0 aliphatic carbocycles. The van der Waals surface area contributed by atoms with E-state index in [0.717, 1.165) is 0 Å². The van der Waals surface area contributed by atoms with Crippen molar-refractivity contribution >= 4 is 17.8 Å². The average Bonchev–Trinajstić information content (AvgIpc) is 2.35. The van der Waals surface area contributed by atoms with Crippen molar-refractivity contribution in [1.29, 1.82) is 0 Å². The number of aromatic nitrogens is 2. The van der Waals surface area contributed by atoms with Crippen molar-refractivity contribution in [3.8, 4) is 0 Å². The zero-order valence-electron chi connectivity index (χ0n) is 13.4. The number of hydrogen-bond acceptors (Lipinski definition) is 6. The van der Waals surface area contributed by atoms with E-state index in [-0.39, 0.29) is 25.4 Å². The zero-order valence-corrected chi connectivity index (χ0v) is 13.4. The quantitative estimate of drug-likeness (QED) is 0.743. The van der Waals surface area contributed by atoms with Gasteiger partial charge in [-0.1, -0.05) is 0 Å². The van der Waals surface area contributed by atoms with Gasteiger partial charge in [0, 0.05) is 31.3 Å². The number of nitrogens with zero attached hydrogens (tertiary/aromatic N) is 2. The number of nitrogens with one attached hydrogen (secondary N) is 2. The van der Waals surface area contributed by atoms with E-state index in [0.29, 0.717) is 17.2 Å². The van der Waals surface area contributed by atoms with Crippen LogP contribution in [0.2, 0.25) is 0 Å². The minimum Gasteiger partial charge on any atom is -0.444 e. The number of hydrogen-bond donors (Lipinski definition) is 3. The van der Waals surface area contributed by atoms with E-state index in [9.17, 15) is 9.59 Å². The fraction of sp³-hybridized carbons (Fsp3) is 0.571. The summed E-state index contributed by atoms with van der Waals surface area (Å²) in [6.45, 7) is 7.49. The van der Waals surface area contributed by atoms with Crippen LogP contribution < -0.4 is 16.4 Å². The highest BCUT2D eigenvalue weighted by Crippen LogP contribution is 2.07. The molecule has 0 fully saturated rings. The van der Waals surface area contributed by atoms with Crippen LogP contribution in [-0.2, 0) is 16.1 Å². The molecule has 0 radical (unpaired) electrons. The number of amides is 2. The third-order valence-electron chi connectivity index (χ3n) is 2.51. The topological polar surface area (TPSA) is 119 Å². The van der Waals surface area contributed by atoms with Gasteiger partial charge in [0.15, 0.2) is 0 Å². The lowest BCUT2D eigenvalue weighted by atomic mass is 10.2. The van der Waals surface area contributed by atoms with E-state index in [2.05, 4.69) is 20.6 Å². The molecule has 8 nitrogen and oxygen atoms in total. The van der Waals surface area contributed by atoms with Crippen LogP contribution in [0.5, 0.6) is 0 Å². The normalized spacial score (nSPS) is 10.9. The molecule has 1 heterocycles. The summed E-state index contributed by atoms with van der Waals surface area (Å²) < 4.78 is 5.06. The lowest BCUT2D eigenvalue weighted by Gasteiger charge is -2.19. The Morgan fingerprint density at radius 1 is 1.32 bits per heavy atom. The lowest BCUT2D eigenvalue weighted by molar-refractivity contribution is -0.121. The molecular weight excluding hydrogens is 286 g/mol. The number of rotatable bonds is 5. The zero-order chi connectivity index (χ0) is 16.8. The van der Waals surface area contributed by atoms with Crippen molar-refractivity contribution in [1.82, 2.24) is 20.6 Å². The predicted molar refractivity (Wildman–Crippen MR) is 81.9 cm³/mol. The Bertz CT molecular complexity index is 540. The molecule has 8 heteroatoms. The molecule has 0 bridgehead atoms. The van der Waals surface area contributed by atoms with E-state index in [4.69, 9.17) is 10.5 Å². The number of anilines is 1. The second-order valence-corrected chi connectivity index (χ2v) is 5.78. The van der Waals surface area contributed by atoms with Gasteiger partial charge in [-0.15, -0.1) is 0 Å². The average molecular weight is 309 g/mol. The smallest absolute Gasteiger partial charge is 0.407 e. The molecule has 122 valence electrons. The molecule has 2 amide bonds. The Kier molecular flexibility index (Phi) is 6.09. The van der Waals surface area contributed by atoms with Crippen molar-refractivity contribution in [3.05, 3.63) is 17.6 Å². The SMILES string of the molecule is Cc1ncc(CNC(=O)CCNC(=O)OC(C)(C)C)c(N)n1.